The number of nitrogens with zero attached hydrogens (tertiary/aromatic N) is 4. The number of carbonyl (C=O) groups excluding carboxylic acids is 1. The summed E-state index contributed by atoms with van der Waals surface area (Å²) < 4.78 is 45.5. The zero-order chi connectivity index (χ0) is 27.0. The van der Waals surface area contributed by atoms with Gasteiger partial charge in [-0.25, -0.2) is 9.97 Å². The second-order valence-electron chi connectivity index (χ2n) is 8.44. The van der Waals surface area contributed by atoms with Crippen molar-refractivity contribution in [1.82, 2.24) is 30.5 Å². The first-order valence-corrected chi connectivity index (χ1v) is 11.5. The maximum Gasteiger partial charge on any atom is 0.419 e. The number of halogens is 3. The predicted octanol–water partition coefficient (Wildman–Crippen LogP) is 4.50. The number of rotatable bonds is 8. The third-order valence-electron chi connectivity index (χ3n) is 5.14. The number of aryl methyl sites for hydroxylation is 1. The molecule has 3 aromatic heterocycles. The van der Waals surface area contributed by atoms with Gasteiger partial charge in [0.25, 0.3) is 0 Å². The number of hydrogen-bond acceptors (Lipinski definition) is 7. The van der Waals surface area contributed by atoms with Crippen molar-refractivity contribution in [2.45, 2.75) is 33.4 Å². The molecule has 37 heavy (non-hydrogen) atoms. The molecular formula is C25H28F3N7O2. The summed E-state index contributed by atoms with van der Waals surface area (Å²) in [5.74, 6) is -0.280. The molecule has 0 saturated carbocycles. The highest BCUT2D eigenvalue weighted by molar-refractivity contribution is 5.77. The molecule has 12 heteroatoms. The van der Waals surface area contributed by atoms with E-state index in [0.717, 1.165) is 6.07 Å². The Labute approximate surface area is 212 Å². The summed E-state index contributed by atoms with van der Waals surface area (Å²) in [4.78, 5) is 23.8. The fourth-order valence-corrected chi connectivity index (χ4v) is 3.03. The lowest BCUT2D eigenvalue weighted by atomic mass is 10.1. The van der Waals surface area contributed by atoms with Gasteiger partial charge >= 0.3 is 6.18 Å². The maximum atomic E-state index is 13.3. The summed E-state index contributed by atoms with van der Waals surface area (Å²) in [6.45, 7) is 6.29. The zero-order valence-corrected chi connectivity index (χ0v) is 20.6. The lowest BCUT2D eigenvalue weighted by molar-refractivity contribution is -0.137. The number of alkyl halides is 3. The third-order valence-corrected chi connectivity index (χ3v) is 5.14. The van der Waals surface area contributed by atoms with Gasteiger partial charge in [-0.3, -0.25) is 14.9 Å². The molecule has 0 aromatic carbocycles. The number of aromatic nitrogens is 5. The molecule has 0 aliphatic rings. The second-order valence-corrected chi connectivity index (χ2v) is 8.44. The van der Waals surface area contributed by atoms with Crippen LogP contribution in [0.1, 0.15) is 31.5 Å². The van der Waals surface area contributed by atoms with Gasteiger partial charge in [-0.1, -0.05) is 13.8 Å². The van der Waals surface area contributed by atoms with Gasteiger partial charge < -0.3 is 15.8 Å². The minimum absolute atomic E-state index is 0.00773. The largest absolute Gasteiger partial charge is 0.478 e. The number of nitrogens with one attached hydrogen (secondary N) is 2. The smallest absolute Gasteiger partial charge is 0.419 e. The number of nitrogens with two attached hydrogens (primary N) is 1. The van der Waals surface area contributed by atoms with Crippen LogP contribution in [0.25, 0.3) is 22.5 Å². The van der Waals surface area contributed by atoms with Gasteiger partial charge in [0.15, 0.2) is 0 Å². The van der Waals surface area contributed by atoms with Crippen molar-refractivity contribution < 1.29 is 22.7 Å². The van der Waals surface area contributed by atoms with E-state index in [1.54, 1.807) is 37.4 Å². The van der Waals surface area contributed by atoms with Crippen LogP contribution in [0.2, 0.25) is 0 Å². The Hall–Kier alpha value is -4.22. The SMILES string of the molecule is Cc1ccc(-c2ccc(OCCCNC(=O)C(C)C)nc2)n[nH]c(-c2cnc(N)c(C(F)(F)F)c2)cn1. The monoisotopic (exact) mass is 515 g/mol. The highest BCUT2D eigenvalue weighted by Crippen LogP contribution is 2.34. The van der Waals surface area contributed by atoms with E-state index in [9.17, 15) is 18.0 Å². The Kier molecular flexibility index (Phi) is 8.99. The predicted molar refractivity (Wildman–Crippen MR) is 133 cm³/mol. The number of hydrogen-bond donors (Lipinski definition) is 3. The van der Waals surface area contributed by atoms with E-state index in [2.05, 4.69) is 30.5 Å². The number of ether oxygens (including phenoxy) is 1. The van der Waals surface area contributed by atoms with E-state index in [1.807, 2.05) is 13.8 Å². The molecular weight excluding hydrogens is 487 g/mol. The number of nitrogen functional groups attached to an aromatic ring is 1. The van der Waals surface area contributed by atoms with Crippen LogP contribution in [0.4, 0.5) is 19.0 Å². The van der Waals surface area contributed by atoms with E-state index < -0.39 is 17.6 Å². The lowest BCUT2D eigenvalue weighted by Gasteiger charge is -2.10. The van der Waals surface area contributed by atoms with Gasteiger partial charge in [0.2, 0.25) is 11.8 Å². The Morgan fingerprint density at radius 1 is 1.08 bits per heavy atom. The van der Waals surface area contributed by atoms with Crippen LogP contribution in [0, 0.1) is 12.8 Å². The molecule has 0 bridgehead atoms. The number of anilines is 1. The molecule has 0 saturated heterocycles. The van der Waals surface area contributed by atoms with E-state index in [1.165, 1.54) is 12.4 Å². The highest BCUT2D eigenvalue weighted by Gasteiger charge is 2.34. The molecule has 9 nitrogen and oxygen atoms in total. The molecule has 3 rings (SSSR count). The Morgan fingerprint density at radius 3 is 2.51 bits per heavy atom. The van der Waals surface area contributed by atoms with Crippen LogP contribution < -0.4 is 15.8 Å². The van der Waals surface area contributed by atoms with E-state index >= 15 is 0 Å². The molecule has 1 amide bonds. The van der Waals surface area contributed by atoms with Gasteiger partial charge in [-0.2, -0.15) is 18.3 Å². The van der Waals surface area contributed by atoms with Gasteiger partial charge in [0.05, 0.1) is 29.8 Å². The Bertz CT molecular complexity index is 1270. The maximum absolute atomic E-state index is 13.3. The van der Waals surface area contributed by atoms with Gasteiger partial charge in [-0.05, 0) is 37.6 Å². The molecule has 0 fully saturated rings. The van der Waals surface area contributed by atoms with Crippen molar-refractivity contribution in [3.63, 3.8) is 0 Å². The molecule has 0 aliphatic carbocycles. The molecule has 0 spiro atoms. The van der Waals surface area contributed by atoms with Crippen LogP contribution >= 0.6 is 0 Å². The van der Waals surface area contributed by atoms with Crippen LogP contribution in [0.15, 0.2) is 48.9 Å². The molecule has 3 heterocycles. The summed E-state index contributed by atoms with van der Waals surface area (Å²) in [7, 11) is 0. The fourth-order valence-electron chi connectivity index (χ4n) is 3.03. The van der Waals surface area contributed by atoms with Crippen molar-refractivity contribution in [1.29, 1.82) is 0 Å². The minimum Gasteiger partial charge on any atom is -0.478 e. The van der Waals surface area contributed by atoms with E-state index in [-0.39, 0.29) is 23.1 Å². The molecule has 0 aliphatic heterocycles. The van der Waals surface area contributed by atoms with Gasteiger partial charge in [-0.15, -0.1) is 0 Å². The first-order chi connectivity index (χ1) is 17.5. The summed E-state index contributed by atoms with van der Waals surface area (Å²) in [5.41, 5.74) is 6.41. The summed E-state index contributed by atoms with van der Waals surface area (Å²) in [5, 5.41) is 9.94. The highest BCUT2D eigenvalue weighted by atomic mass is 19.4. The second kappa shape index (κ2) is 12.2. The van der Waals surface area contributed by atoms with Crippen LogP contribution in [0.5, 0.6) is 5.88 Å². The summed E-state index contributed by atoms with van der Waals surface area (Å²) >= 11 is 0. The third kappa shape index (κ3) is 7.89. The van der Waals surface area contributed by atoms with Gasteiger partial charge in [0, 0.05) is 47.7 Å². The number of aromatic amines is 1. The van der Waals surface area contributed by atoms with Crippen molar-refractivity contribution >= 4 is 11.7 Å². The van der Waals surface area contributed by atoms with Gasteiger partial charge in [0.1, 0.15) is 5.82 Å². The number of H-pyrrole nitrogens is 1. The van der Waals surface area contributed by atoms with E-state index in [0.29, 0.717) is 42.4 Å². The van der Waals surface area contributed by atoms with Crippen LogP contribution in [-0.2, 0) is 11.0 Å². The standard InChI is InChI=1S/C25H28F3N7O2/c1-15(2)24(36)30-9-4-10-37-22-8-6-17(12-32-22)20-7-5-16(3)31-14-21(35-34-20)18-11-19(25(26,27)28)23(29)33-13-18/h5-8,11-15,35H,4,9-10H2,1-3H3,(H2,29,33)(H,30,36). The molecule has 4 N–H and O–H groups in total. The molecule has 0 atom stereocenters. The summed E-state index contributed by atoms with van der Waals surface area (Å²) in [6, 6.07) is 7.77. The first-order valence-electron chi connectivity index (χ1n) is 11.5. The number of pyridine rings is 2. The molecule has 196 valence electrons. The fraction of sp³-hybridized carbons (Fsp3) is 0.320. The first kappa shape index (κ1) is 27.4. The van der Waals surface area contributed by atoms with Crippen molar-refractivity contribution in [2.24, 2.45) is 5.92 Å². The molecule has 0 unspecified atom stereocenters. The normalized spacial score (nSPS) is 11.2. The van der Waals surface area contributed by atoms with Crippen LogP contribution in [0.3, 0.4) is 0 Å². The molecule has 3 aromatic rings. The average molecular weight is 516 g/mol. The van der Waals surface area contributed by atoms with E-state index in [4.69, 9.17) is 10.5 Å². The molecule has 0 radical (unpaired) electrons. The lowest BCUT2D eigenvalue weighted by Crippen LogP contribution is -2.29. The Morgan fingerprint density at radius 2 is 1.84 bits per heavy atom. The topological polar surface area (TPSA) is 132 Å². The zero-order valence-electron chi connectivity index (χ0n) is 20.6. The quantitative estimate of drug-likeness (QED) is 0.376. The minimum atomic E-state index is -4.65. The summed E-state index contributed by atoms with van der Waals surface area (Å²) in [6.07, 6.45) is 0.139. The average Bonchev–Trinajstić information content (AvgIpc) is 2.94. The van der Waals surface area contributed by atoms with Crippen molar-refractivity contribution in [2.75, 3.05) is 18.9 Å². The van der Waals surface area contributed by atoms with Crippen molar-refractivity contribution in [3.05, 3.63) is 60.2 Å². The van der Waals surface area contributed by atoms with Crippen LogP contribution in [-0.4, -0.2) is 44.2 Å². The Balaban J connectivity index is 1.79. The van der Waals surface area contributed by atoms with Crippen molar-refractivity contribution in [3.8, 4) is 28.4 Å². The number of carbonyl (C=O) groups is 1. The number of amides is 1.